The summed E-state index contributed by atoms with van der Waals surface area (Å²) in [6.07, 6.45) is 4.62. The molecule has 2 aromatic rings. The first kappa shape index (κ1) is 14.6. The summed E-state index contributed by atoms with van der Waals surface area (Å²) in [6.45, 7) is 8.28. The van der Waals surface area contributed by atoms with Crippen LogP contribution in [0.5, 0.6) is 0 Å². The van der Waals surface area contributed by atoms with Gasteiger partial charge in [0.1, 0.15) is 0 Å². The van der Waals surface area contributed by atoms with Gasteiger partial charge in [0, 0.05) is 44.1 Å². The summed E-state index contributed by atoms with van der Waals surface area (Å²) in [6, 6.07) is 9.60. The first-order chi connectivity index (χ1) is 10.2. The predicted molar refractivity (Wildman–Crippen MR) is 87.5 cm³/mol. The number of nitrogens with zero attached hydrogens (tertiary/aromatic N) is 1. The molecule has 0 atom stereocenters. The molecule has 0 aliphatic carbocycles. The maximum Gasteiger partial charge on any atom is 0.0480 e. The second-order valence-corrected chi connectivity index (χ2v) is 6.45. The smallest absolute Gasteiger partial charge is 0.0480 e. The average molecular weight is 286 g/mol. The molecule has 1 saturated heterocycles. The Kier molecular flexibility index (Phi) is 4.61. The number of benzene rings is 1. The van der Waals surface area contributed by atoms with Crippen LogP contribution < -0.4 is 5.32 Å². The van der Waals surface area contributed by atoms with Crippen molar-refractivity contribution in [3.05, 3.63) is 36.0 Å². The summed E-state index contributed by atoms with van der Waals surface area (Å²) in [5.41, 5.74) is 2.72. The second-order valence-electron chi connectivity index (χ2n) is 6.45. The van der Waals surface area contributed by atoms with E-state index in [0.717, 1.165) is 32.2 Å². The number of hydrogen-bond donors (Lipinski definition) is 1. The number of nitrogens with one attached hydrogen (secondary N) is 1. The molecule has 0 amide bonds. The van der Waals surface area contributed by atoms with Gasteiger partial charge in [-0.3, -0.25) is 0 Å². The Bertz CT molecular complexity index is 582. The van der Waals surface area contributed by atoms with Gasteiger partial charge in [-0.1, -0.05) is 19.9 Å². The van der Waals surface area contributed by atoms with Crippen LogP contribution in [0.1, 0.15) is 32.3 Å². The largest absolute Gasteiger partial charge is 0.381 e. The molecule has 114 valence electrons. The Morgan fingerprint density at radius 2 is 2.05 bits per heavy atom. The zero-order chi connectivity index (χ0) is 14.7. The lowest BCUT2D eigenvalue weighted by atomic mass is 10.0. The van der Waals surface area contributed by atoms with E-state index >= 15 is 0 Å². The van der Waals surface area contributed by atoms with Crippen LogP contribution >= 0.6 is 0 Å². The molecular weight excluding hydrogens is 260 g/mol. The van der Waals surface area contributed by atoms with Crippen molar-refractivity contribution in [2.75, 3.05) is 13.2 Å². The van der Waals surface area contributed by atoms with Crippen LogP contribution in [0.2, 0.25) is 0 Å². The van der Waals surface area contributed by atoms with Crippen LogP contribution in [-0.4, -0.2) is 23.8 Å². The molecule has 1 aromatic heterocycles. The number of ether oxygens (including phenoxy) is 1. The van der Waals surface area contributed by atoms with Gasteiger partial charge in [-0.2, -0.15) is 0 Å². The zero-order valence-electron chi connectivity index (χ0n) is 13.1. The summed E-state index contributed by atoms with van der Waals surface area (Å²) in [5.74, 6) is 0.761. The van der Waals surface area contributed by atoms with E-state index in [1.165, 1.54) is 29.3 Å². The van der Waals surface area contributed by atoms with Crippen molar-refractivity contribution >= 4 is 10.9 Å². The van der Waals surface area contributed by atoms with Gasteiger partial charge in [0.2, 0.25) is 0 Å². The maximum atomic E-state index is 5.45. The number of aromatic nitrogens is 1. The quantitative estimate of drug-likeness (QED) is 0.909. The van der Waals surface area contributed by atoms with Crippen molar-refractivity contribution < 1.29 is 4.74 Å². The molecule has 1 N–H and O–H groups in total. The minimum atomic E-state index is 0.527. The summed E-state index contributed by atoms with van der Waals surface area (Å²) < 4.78 is 7.86. The van der Waals surface area contributed by atoms with Crippen LogP contribution in [0, 0.1) is 5.92 Å². The standard InChI is InChI=1S/C18H26N2O/c1-14(2)19-12-16-3-4-18-17(11-16)5-8-20(18)13-15-6-9-21-10-7-15/h3-5,8,11,14-15,19H,6-7,9-10,12-13H2,1-2H3. The summed E-state index contributed by atoms with van der Waals surface area (Å²) in [4.78, 5) is 0. The van der Waals surface area contributed by atoms with Crippen molar-refractivity contribution in [2.24, 2.45) is 5.92 Å². The molecule has 0 saturated carbocycles. The highest BCUT2D eigenvalue weighted by atomic mass is 16.5. The Morgan fingerprint density at radius 3 is 2.81 bits per heavy atom. The topological polar surface area (TPSA) is 26.2 Å². The highest BCUT2D eigenvalue weighted by Gasteiger charge is 2.15. The molecule has 1 aliphatic rings. The monoisotopic (exact) mass is 286 g/mol. The van der Waals surface area contributed by atoms with E-state index in [1.54, 1.807) is 0 Å². The van der Waals surface area contributed by atoms with E-state index in [9.17, 15) is 0 Å². The lowest BCUT2D eigenvalue weighted by Crippen LogP contribution is -2.21. The zero-order valence-corrected chi connectivity index (χ0v) is 13.1. The second kappa shape index (κ2) is 6.63. The molecular formula is C18H26N2O. The fourth-order valence-electron chi connectivity index (χ4n) is 3.05. The Hall–Kier alpha value is -1.32. The summed E-state index contributed by atoms with van der Waals surface area (Å²) >= 11 is 0. The van der Waals surface area contributed by atoms with Crippen LogP contribution in [0.3, 0.4) is 0 Å². The minimum absolute atomic E-state index is 0.527. The van der Waals surface area contributed by atoms with Crippen molar-refractivity contribution in [2.45, 2.75) is 45.8 Å². The molecule has 3 heteroatoms. The van der Waals surface area contributed by atoms with Crippen LogP contribution in [-0.2, 0) is 17.8 Å². The predicted octanol–water partition coefficient (Wildman–Crippen LogP) is 3.57. The molecule has 0 unspecified atom stereocenters. The number of fused-ring (bicyclic) bond motifs is 1. The lowest BCUT2D eigenvalue weighted by molar-refractivity contribution is 0.0616. The number of hydrogen-bond acceptors (Lipinski definition) is 2. The third-order valence-electron chi connectivity index (χ3n) is 4.35. The SMILES string of the molecule is CC(C)NCc1ccc2c(ccn2CC2CCOCC2)c1. The highest BCUT2D eigenvalue weighted by molar-refractivity contribution is 5.80. The van der Waals surface area contributed by atoms with Crippen molar-refractivity contribution in [1.29, 1.82) is 0 Å². The van der Waals surface area contributed by atoms with E-state index in [-0.39, 0.29) is 0 Å². The van der Waals surface area contributed by atoms with Gasteiger partial charge >= 0.3 is 0 Å². The van der Waals surface area contributed by atoms with Crippen molar-refractivity contribution in [3.63, 3.8) is 0 Å². The average Bonchev–Trinajstić information content (AvgIpc) is 2.89. The summed E-state index contributed by atoms with van der Waals surface area (Å²) in [7, 11) is 0. The molecule has 21 heavy (non-hydrogen) atoms. The molecule has 3 rings (SSSR count). The van der Waals surface area contributed by atoms with Gasteiger partial charge in [0.05, 0.1) is 0 Å². The van der Waals surface area contributed by atoms with Gasteiger partial charge in [-0.25, -0.2) is 0 Å². The molecule has 1 fully saturated rings. The molecule has 0 spiro atoms. The first-order valence-electron chi connectivity index (χ1n) is 8.11. The molecule has 0 bridgehead atoms. The molecule has 0 radical (unpaired) electrons. The van der Waals surface area contributed by atoms with E-state index in [2.05, 4.69) is 54.2 Å². The fourth-order valence-corrected chi connectivity index (χ4v) is 3.05. The molecule has 2 heterocycles. The summed E-state index contributed by atoms with van der Waals surface area (Å²) in [5, 5.41) is 4.83. The van der Waals surface area contributed by atoms with Crippen molar-refractivity contribution in [1.82, 2.24) is 9.88 Å². The van der Waals surface area contributed by atoms with Crippen molar-refractivity contribution in [3.8, 4) is 0 Å². The van der Waals surface area contributed by atoms with E-state index in [4.69, 9.17) is 4.74 Å². The van der Waals surface area contributed by atoms with Gasteiger partial charge in [0.25, 0.3) is 0 Å². The lowest BCUT2D eigenvalue weighted by Gasteiger charge is -2.22. The Labute approximate surface area is 127 Å². The Balaban J connectivity index is 1.72. The number of rotatable bonds is 5. The first-order valence-corrected chi connectivity index (χ1v) is 8.11. The third kappa shape index (κ3) is 3.66. The Morgan fingerprint density at radius 1 is 1.24 bits per heavy atom. The van der Waals surface area contributed by atoms with Gasteiger partial charge in [-0.15, -0.1) is 0 Å². The van der Waals surface area contributed by atoms with Crippen LogP contribution in [0.4, 0.5) is 0 Å². The van der Waals surface area contributed by atoms with E-state index < -0.39 is 0 Å². The maximum absolute atomic E-state index is 5.45. The van der Waals surface area contributed by atoms with Crippen LogP contribution in [0.25, 0.3) is 10.9 Å². The fraction of sp³-hybridized carbons (Fsp3) is 0.556. The minimum Gasteiger partial charge on any atom is -0.381 e. The molecule has 1 aliphatic heterocycles. The molecule has 1 aromatic carbocycles. The highest BCUT2D eigenvalue weighted by Crippen LogP contribution is 2.22. The third-order valence-corrected chi connectivity index (χ3v) is 4.35. The van der Waals surface area contributed by atoms with Crippen LogP contribution in [0.15, 0.2) is 30.5 Å². The van der Waals surface area contributed by atoms with Gasteiger partial charge < -0.3 is 14.6 Å². The van der Waals surface area contributed by atoms with E-state index in [1.807, 2.05) is 0 Å². The van der Waals surface area contributed by atoms with Gasteiger partial charge in [0.15, 0.2) is 0 Å². The molecule has 3 nitrogen and oxygen atoms in total. The van der Waals surface area contributed by atoms with Gasteiger partial charge in [-0.05, 0) is 47.9 Å². The van der Waals surface area contributed by atoms with E-state index in [0.29, 0.717) is 6.04 Å². The normalized spacial score (nSPS) is 16.9.